The van der Waals surface area contributed by atoms with Crippen LogP contribution in [0.4, 0.5) is 10.1 Å². The predicted molar refractivity (Wildman–Crippen MR) is 142 cm³/mol. The van der Waals surface area contributed by atoms with E-state index in [1.165, 1.54) is 23.9 Å². The minimum absolute atomic E-state index is 0.164. The van der Waals surface area contributed by atoms with Crippen LogP contribution in [0, 0.1) is 19.7 Å². The van der Waals surface area contributed by atoms with Crippen LogP contribution in [0.1, 0.15) is 28.6 Å². The van der Waals surface area contributed by atoms with Crippen molar-refractivity contribution in [3.63, 3.8) is 0 Å². The Hall–Kier alpha value is -4.98. The summed E-state index contributed by atoms with van der Waals surface area (Å²) in [7, 11) is 0. The van der Waals surface area contributed by atoms with Crippen LogP contribution in [0.3, 0.4) is 0 Å². The molecule has 1 N–H and O–H groups in total. The molecule has 0 radical (unpaired) electrons. The summed E-state index contributed by atoms with van der Waals surface area (Å²) in [5.41, 5.74) is 4.82. The number of amides is 1. The number of nitrogens with zero attached hydrogens (tertiary/aromatic N) is 2. The van der Waals surface area contributed by atoms with Crippen LogP contribution in [-0.2, 0) is 4.79 Å². The number of ether oxygens (including phenoxy) is 1. The Labute approximate surface area is 218 Å². The number of rotatable bonds is 6. The summed E-state index contributed by atoms with van der Waals surface area (Å²) in [5.74, 6) is -1.05. The fourth-order valence-electron chi connectivity index (χ4n) is 4.18. The number of anilines is 1. The zero-order valence-corrected chi connectivity index (χ0v) is 21.0. The standard InChI is InChI=1S/C30H24FN3O4/c1-18-8-6-11-25(19(18)2)34-30(38-20(3)35)27(28(33-34)23-9-4-5-10-24(23)31)21-13-15-22(16-14-21)32-29(36)26-12-7-17-37-26/h4-17H,1-3H3,(H,32,36). The highest BCUT2D eigenvalue weighted by atomic mass is 19.1. The summed E-state index contributed by atoms with van der Waals surface area (Å²) in [5, 5.41) is 7.54. The number of carbonyl (C=O) groups is 2. The third-order valence-electron chi connectivity index (χ3n) is 6.19. The molecule has 0 atom stereocenters. The maximum absolute atomic E-state index is 15.0. The third kappa shape index (κ3) is 4.71. The minimum atomic E-state index is -0.542. The van der Waals surface area contributed by atoms with E-state index in [0.717, 1.165) is 11.1 Å². The van der Waals surface area contributed by atoms with Crippen LogP contribution in [0.25, 0.3) is 28.1 Å². The topological polar surface area (TPSA) is 86.4 Å². The van der Waals surface area contributed by atoms with E-state index in [4.69, 9.17) is 14.3 Å². The van der Waals surface area contributed by atoms with Gasteiger partial charge in [-0.25, -0.2) is 4.39 Å². The van der Waals surface area contributed by atoms with Gasteiger partial charge in [-0.3, -0.25) is 9.59 Å². The third-order valence-corrected chi connectivity index (χ3v) is 6.19. The molecule has 190 valence electrons. The van der Waals surface area contributed by atoms with E-state index in [-0.39, 0.29) is 17.2 Å². The number of hydrogen-bond acceptors (Lipinski definition) is 5. The van der Waals surface area contributed by atoms with Gasteiger partial charge in [-0.1, -0.05) is 36.4 Å². The van der Waals surface area contributed by atoms with Crippen molar-refractivity contribution in [3.05, 3.63) is 108 Å². The second-order valence-electron chi connectivity index (χ2n) is 8.74. The summed E-state index contributed by atoms with van der Waals surface area (Å²) in [6.07, 6.45) is 1.42. The van der Waals surface area contributed by atoms with Gasteiger partial charge in [0.15, 0.2) is 5.76 Å². The van der Waals surface area contributed by atoms with Crippen molar-refractivity contribution in [2.45, 2.75) is 20.8 Å². The van der Waals surface area contributed by atoms with Gasteiger partial charge in [0.1, 0.15) is 11.5 Å². The second kappa shape index (κ2) is 10.2. The lowest BCUT2D eigenvalue weighted by molar-refractivity contribution is -0.132. The van der Waals surface area contributed by atoms with E-state index in [1.807, 2.05) is 32.0 Å². The number of aromatic nitrogens is 2. The molecule has 0 saturated carbocycles. The number of esters is 1. The van der Waals surface area contributed by atoms with E-state index in [9.17, 15) is 9.59 Å². The maximum atomic E-state index is 15.0. The quantitative estimate of drug-likeness (QED) is 0.256. The molecule has 7 nitrogen and oxygen atoms in total. The molecule has 1 amide bonds. The molecular formula is C30H24FN3O4. The first-order chi connectivity index (χ1) is 18.3. The van der Waals surface area contributed by atoms with Crippen LogP contribution in [-0.4, -0.2) is 21.7 Å². The molecule has 0 aliphatic carbocycles. The fraction of sp³-hybridized carbons (Fsp3) is 0.100. The molecule has 0 aliphatic rings. The van der Waals surface area contributed by atoms with Crippen molar-refractivity contribution in [1.29, 1.82) is 0 Å². The Bertz CT molecular complexity index is 1640. The van der Waals surface area contributed by atoms with E-state index in [0.29, 0.717) is 28.2 Å². The highest BCUT2D eigenvalue weighted by Crippen LogP contribution is 2.42. The van der Waals surface area contributed by atoms with Gasteiger partial charge in [0.05, 0.1) is 17.5 Å². The fourth-order valence-corrected chi connectivity index (χ4v) is 4.18. The Morgan fingerprint density at radius 3 is 2.39 bits per heavy atom. The highest BCUT2D eigenvalue weighted by molar-refractivity contribution is 6.02. The van der Waals surface area contributed by atoms with Gasteiger partial charge in [0.2, 0.25) is 5.88 Å². The average Bonchev–Trinajstić information content (AvgIpc) is 3.55. The zero-order chi connectivity index (χ0) is 26.8. The molecule has 0 saturated heterocycles. The Morgan fingerprint density at radius 1 is 0.947 bits per heavy atom. The predicted octanol–water partition coefficient (Wildman–Crippen LogP) is 6.73. The molecule has 0 unspecified atom stereocenters. The number of benzene rings is 3. The molecule has 5 aromatic rings. The lowest BCUT2D eigenvalue weighted by Crippen LogP contribution is -2.10. The summed E-state index contributed by atoms with van der Waals surface area (Å²) in [6, 6.07) is 22.1. The first-order valence-corrected chi connectivity index (χ1v) is 11.9. The van der Waals surface area contributed by atoms with Crippen molar-refractivity contribution in [2.75, 3.05) is 5.32 Å². The molecule has 0 spiro atoms. The molecule has 0 bridgehead atoms. The summed E-state index contributed by atoms with van der Waals surface area (Å²) in [6.45, 7) is 5.23. The second-order valence-corrected chi connectivity index (χ2v) is 8.74. The first kappa shape index (κ1) is 24.7. The number of hydrogen-bond donors (Lipinski definition) is 1. The van der Waals surface area contributed by atoms with Crippen molar-refractivity contribution >= 4 is 17.6 Å². The summed E-state index contributed by atoms with van der Waals surface area (Å²) < 4.78 is 27.5. The van der Waals surface area contributed by atoms with E-state index in [1.54, 1.807) is 54.6 Å². The summed E-state index contributed by atoms with van der Waals surface area (Å²) >= 11 is 0. The van der Waals surface area contributed by atoms with Gasteiger partial charge in [-0.05, 0) is 73.0 Å². The Balaban J connectivity index is 1.68. The van der Waals surface area contributed by atoms with Gasteiger partial charge >= 0.3 is 5.97 Å². The molecule has 8 heteroatoms. The normalized spacial score (nSPS) is 10.8. The Morgan fingerprint density at radius 2 is 1.71 bits per heavy atom. The molecule has 0 fully saturated rings. The monoisotopic (exact) mass is 509 g/mol. The van der Waals surface area contributed by atoms with Gasteiger partial charge < -0.3 is 14.5 Å². The molecule has 5 rings (SSSR count). The smallest absolute Gasteiger partial charge is 0.309 e. The van der Waals surface area contributed by atoms with Crippen LogP contribution in [0.2, 0.25) is 0 Å². The Kier molecular flexibility index (Phi) is 6.62. The highest BCUT2D eigenvalue weighted by Gasteiger charge is 2.26. The SMILES string of the molecule is CC(=O)Oc1c(-c2ccc(NC(=O)c3ccco3)cc2)c(-c2ccccc2F)nn1-c1cccc(C)c1C. The largest absolute Gasteiger partial charge is 0.459 e. The van der Waals surface area contributed by atoms with Crippen LogP contribution in [0.5, 0.6) is 5.88 Å². The number of carbonyl (C=O) groups excluding carboxylic acids is 2. The average molecular weight is 510 g/mol. The van der Waals surface area contributed by atoms with E-state index in [2.05, 4.69) is 5.32 Å². The number of furan rings is 1. The number of aryl methyl sites for hydroxylation is 1. The zero-order valence-electron chi connectivity index (χ0n) is 21.0. The van der Waals surface area contributed by atoms with Crippen molar-refractivity contribution in [3.8, 4) is 34.0 Å². The maximum Gasteiger partial charge on any atom is 0.309 e. The molecule has 3 aromatic carbocycles. The van der Waals surface area contributed by atoms with Gasteiger partial charge in [0, 0.05) is 18.2 Å². The van der Waals surface area contributed by atoms with Crippen molar-refractivity contribution in [2.24, 2.45) is 0 Å². The molecule has 0 aliphatic heterocycles. The van der Waals surface area contributed by atoms with E-state index < -0.39 is 17.7 Å². The van der Waals surface area contributed by atoms with Crippen LogP contribution < -0.4 is 10.1 Å². The minimum Gasteiger partial charge on any atom is -0.459 e. The van der Waals surface area contributed by atoms with Gasteiger partial charge in [0.25, 0.3) is 5.91 Å². The lowest BCUT2D eigenvalue weighted by atomic mass is 10.0. The molecule has 2 heterocycles. The molecule has 38 heavy (non-hydrogen) atoms. The van der Waals surface area contributed by atoms with E-state index >= 15 is 4.39 Å². The number of nitrogens with one attached hydrogen (secondary N) is 1. The molecular weight excluding hydrogens is 485 g/mol. The van der Waals surface area contributed by atoms with Crippen molar-refractivity contribution < 1.29 is 23.1 Å². The summed E-state index contributed by atoms with van der Waals surface area (Å²) in [4.78, 5) is 24.6. The first-order valence-electron chi connectivity index (χ1n) is 11.9. The van der Waals surface area contributed by atoms with Gasteiger partial charge in [-0.2, -0.15) is 9.78 Å². The number of halogens is 1. The van der Waals surface area contributed by atoms with Crippen LogP contribution in [0.15, 0.2) is 89.5 Å². The lowest BCUT2D eigenvalue weighted by Gasteiger charge is -2.13. The van der Waals surface area contributed by atoms with Crippen LogP contribution >= 0.6 is 0 Å². The van der Waals surface area contributed by atoms with Gasteiger partial charge in [-0.15, -0.1) is 0 Å². The van der Waals surface area contributed by atoms with Crippen molar-refractivity contribution in [1.82, 2.24) is 9.78 Å². The molecule has 2 aromatic heterocycles.